The predicted molar refractivity (Wildman–Crippen MR) is 75.5 cm³/mol. The molecule has 0 bridgehead atoms. The largest absolute Gasteiger partial charge is 0.430 e. The molecule has 19 heavy (non-hydrogen) atoms. The van der Waals surface area contributed by atoms with Gasteiger partial charge in [-0.2, -0.15) is 10.2 Å². The molecule has 0 spiro atoms. The lowest BCUT2D eigenvalue weighted by molar-refractivity contribution is 0.509. The van der Waals surface area contributed by atoms with Gasteiger partial charge in [-0.15, -0.1) is 12.4 Å². The zero-order valence-electron chi connectivity index (χ0n) is 10.5. The molecule has 0 saturated heterocycles. The molecule has 2 N–H and O–H groups in total. The Morgan fingerprint density at radius 1 is 1.42 bits per heavy atom. The van der Waals surface area contributed by atoms with Gasteiger partial charge < -0.3 is 4.42 Å². The number of oxazole rings is 1. The second-order valence-corrected chi connectivity index (χ2v) is 4.00. The maximum atomic E-state index is 8.63. The fourth-order valence-corrected chi connectivity index (χ4v) is 1.54. The van der Waals surface area contributed by atoms with Gasteiger partial charge in [0.1, 0.15) is 12.0 Å². The fourth-order valence-electron chi connectivity index (χ4n) is 1.54. The summed E-state index contributed by atoms with van der Waals surface area (Å²) < 4.78 is 5.33. The van der Waals surface area contributed by atoms with E-state index in [4.69, 9.17) is 15.5 Å². The number of benzene rings is 1. The lowest BCUT2D eigenvalue weighted by atomic mass is 10.2. The van der Waals surface area contributed by atoms with Crippen LogP contribution in [0.5, 0.6) is 0 Å². The lowest BCUT2D eigenvalue weighted by Crippen LogP contribution is -2.39. The van der Waals surface area contributed by atoms with Crippen molar-refractivity contribution < 1.29 is 4.42 Å². The molecule has 1 heterocycles. The van der Waals surface area contributed by atoms with E-state index >= 15 is 0 Å². The second-order valence-electron chi connectivity index (χ2n) is 4.00. The van der Waals surface area contributed by atoms with E-state index in [0.29, 0.717) is 12.4 Å². The molecule has 5 nitrogen and oxygen atoms in total. The van der Waals surface area contributed by atoms with E-state index < -0.39 is 0 Å². The van der Waals surface area contributed by atoms with Crippen LogP contribution in [0.25, 0.3) is 11.3 Å². The van der Waals surface area contributed by atoms with Crippen LogP contribution < -0.4 is 10.9 Å². The topological polar surface area (TPSA) is 79.1 Å². The Hall–Kier alpha value is -2.03. The van der Waals surface area contributed by atoms with E-state index in [1.807, 2.05) is 37.3 Å². The molecular formula is C13H15ClN4O. The first kappa shape index (κ1) is 15.0. The normalized spacial score (nSPS) is 11.2. The Bertz CT molecular complexity index is 549. The smallest absolute Gasteiger partial charge is 0.312 e. The molecule has 0 fully saturated rings. The summed E-state index contributed by atoms with van der Waals surface area (Å²) in [5.41, 5.74) is 1.69. The van der Waals surface area contributed by atoms with E-state index in [0.717, 1.165) is 11.3 Å². The van der Waals surface area contributed by atoms with Crippen LogP contribution in [0.4, 0.5) is 6.01 Å². The average molecular weight is 279 g/mol. The lowest BCUT2D eigenvalue weighted by Gasteiger charge is -2.19. The van der Waals surface area contributed by atoms with Crippen LogP contribution >= 0.6 is 12.4 Å². The van der Waals surface area contributed by atoms with E-state index in [2.05, 4.69) is 11.1 Å². The number of halogens is 1. The van der Waals surface area contributed by atoms with Gasteiger partial charge in [-0.25, -0.2) is 5.84 Å². The van der Waals surface area contributed by atoms with Crippen LogP contribution in [0.15, 0.2) is 41.0 Å². The van der Waals surface area contributed by atoms with Crippen LogP contribution in [0.1, 0.15) is 13.3 Å². The van der Waals surface area contributed by atoms with Gasteiger partial charge in [0, 0.05) is 5.56 Å². The zero-order valence-corrected chi connectivity index (χ0v) is 11.3. The number of hydrogen-bond acceptors (Lipinski definition) is 5. The third-order valence-corrected chi connectivity index (χ3v) is 2.64. The molecule has 1 atom stereocenters. The van der Waals surface area contributed by atoms with Crippen LogP contribution in [-0.4, -0.2) is 11.0 Å². The standard InChI is InChI=1S/C13H14N4O.ClH/c1-10(7-8-14)17(15)13-16-12(9-18-13)11-5-3-2-4-6-11;/h2-6,9-10H,7,15H2,1H3;1H. The number of hydrogen-bond donors (Lipinski definition) is 1. The van der Waals surface area contributed by atoms with Gasteiger partial charge in [0.25, 0.3) is 0 Å². The maximum Gasteiger partial charge on any atom is 0.312 e. The predicted octanol–water partition coefficient (Wildman–Crippen LogP) is 2.75. The van der Waals surface area contributed by atoms with Crippen molar-refractivity contribution in [1.82, 2.24) is 4.98 Å². The van der Waals surface area contributed by atoms with Crippen molar-refractivity contribution in [3.05, 3.63) is 36.6 Å². The minimum atomic E-state index is -0.141. The molecule has 2 aromatic rings. The summed E-state index contributed by atoms with van der Waals surface area (Å²) in [6, 6.07) is 11.9. The molecule has 0 aliphatic heterocycles. The van der Waals surface area contributed by atoms with Gasteiger partial charge in [0.05, 0.1) is 18.5 Å². The number of nitrogens with zero attached hydrogens (tertiary/aromatic N) is 3. The van der Waals surface area contributed by atoms with E-state index in [1.165, 1.54) is 5.01 Å². The van der Waals surface area contributed by atoms with Gasteiger partial charge in [-0.3, -0.25) is 5.01 Å². The van der Waals surface area contributed by atoms with Crippen molar-refractivity contribution >= 4 is 18.4 Å². The first-order valence-corrected chi connectivity index (χ1v) is 5.64. The van der Waals surface area contributed by atoms with E-state index in [-0.39, 0.29) is 18.4 Å². The first-order valence-electron chi connectivity index (χ1n) is 5.64. The van der Waals surface area contributed by atoms with Gasteiger partial charge in [0.15, 0.2) is 0 Å². The van der Waals surface area contributed by atoms with Gasteiger partial charge in [-0.1, -0.05) is 30.3 Å². The highest BCUT2D eigenvalue weighted by molar-refractivity contribution is 5.85. The third-order valence-electron chi connectivity index (χ3n) is 2.64. The molecule has 1 unspecified atom stereocenters. The van der Waals surface area contributed by atoms with E-state index in [1.54, 1.807) is 6.26 Å². The Morgan fingerprint density at radius 3 is 2.74 bits per heavy atom. The van der Waals surface area contributed by atoms with Crippen molar-refractivity contribution in [2.45, 2.75) is 19.4 Å². The molecule has 0 amide bonds. The molecular weight excluding hydrogens is 264 g/mol. The van der Waals surface area contributed by atoms with E-state index in [9.17, 15) is 0 Å². The summed E-state index contributed by atoms with van der Waals surface area (Å²) in [4.78, 5) is 4.31. The number of anilines is 1. The van der Waals surface area contributed by atoms with Crippen molar-refractivity contribution in [1.29, 1.82) is 5.26 Å². The molecule has 0 aliphatic rings. The quantitative estimate of drug-likeness (QED) is 0.687. The average Bonchev–Trinajstić information content (AvgIpc) is 2.89. The van der Waals surface area contributed by atoms with Crippen molar-refractivity contribution in [3.8, 4) is 17.3 Å². The highest BCUT2D eigenvalue weighted by Crippen LogP contribution is 2.22. The van der Waals surface area contributed by atoms with Crippen LogP contribution in [0.2, 0.25) is 0 Å². The number of rotatable bonds is 4. The SMILES string of the molecule is CC(CC#N)N(N)c1nc(-c2ccccc2)co1.Cl. The first-order chi connectivity index (χ1) is 8.72. The summed E-state index contributed by atoms with van der Waals surface area (Å²) in [5, 5.41) is 10.0. The monoisotopic (exact) mass is 278 g/mol. The Kier molecular flexibility index (Phi) is 5.37. The Balaban J connectivity index is 0.00000180. The summed E-state index contributed by atoms with van der Waals surface area (Å²) in [7, 11) is 0. The van der Waals surface area contributed by atoms with Crippen molar-refractivity contribution in [2.24, 2.45) is 5.84 Å². The fraction of sp³-hybridized carbons (Fsp3) is 0.231. The summed E-state index contributed by atoms with van der Waals surface area (Å²) in [6.07, 6.45) is 1.88. The zero-order chi connectivity index (χ0) is 13.0. The van der Waals surface area contributed by atoms with Crippen LogP contribution in [-0.2, 0) is 0 Å². The minimum Gasteiger partial charge on any atom is -0.430 e. The highest BCUT2D eigenvalue weighted by atomic mass is 35.5. The third kappa shape index (κ3) is 3.47. The van der Waals surface area contributed by atoms with Gasteiger partial charge >= 0.3 is 6.01 Å². The minimum absolute atomic E-state index is 0. The molecule has 0 aliphatic carbocycles. The summed E-state index contributed by atoms with van der Waals surface area (Å²) in [5.74, 6) is 5.84. The maximum absolute atomic E-state index is 8.63. The highest BCUT2D eigenvalue weighted by Gasteiger charge is 2.16. The molecule has 0 radical (unpaired) electrons. The number of nitrogens with two attached hydrogens (primary N) is 1. The second kappa shape index (κ2) is 6.78. The Morgan fingerprint density at radius 2 is 2.11 bits per heavy atom. The number of hydrazine groups is 1. The molecule has 0 saturated carbocycles. The summed E-state index contributed by atoms with van der Waals surface area (Å²) >= 11 is 0. The number of aromatic nitrogens is 1. The van der Waals surface area contributed by atoms with Gasteiger partial charge in [-0.05, 0) is 6.92 Å². The van der Waals surface area contributed by atoms with Crippen LogP contribution in [0, 0.1) is 11.3 Å². The number of nitriles is 1. The molecule has 100 valence electrons. The molecule has 1 aromatic carbocycles. The summed E-state index contributed by atoms with van der Waals surface area (Å²) in [6.45, 7) is 1.84. The molecule has 2 rings (SSSR count). The van der Waals surface area contributed by atoms with Crippen molar-refractivity contribution in [2.75, 3.05) is 5.01 Å². The molecule has 6 heteroatoms. The van der Waals surface area contributed by atoms with Gasteiger partial charge in [0.2, 0.25) is 0 Å². The van der Waals surface area contributed by atoms with Crippen LogP contribution in [0.3, 0.4) is 0 Å². The van der Waals surface area contributed by atoms with Crippen molar-refractivity contribution in [3.63, 3.8) is 0 Å². The Labute approximate surface area is 118 Å². The molecule has 1 aromatic heterocycles.